The number of aromatic nitrogens is 1. The van der Waals surface area contributed by atoms with E-state index >= 15 is 0 Å². The van der Waals surface area contributed by atoms with E-state index in [0.717, 1.165) is 22.6 Å². The molecule has 0 atom stereocenters. The van der Waals surface area contributed by atoms with Crippen LogP contribution in [0.1, 0.15) is 29.8 Å². The van der Waals surface area contributed by atoms with Crippen molar-refractivity contribution in [1.82, 2.24) is 4.98 Å². The number of anilines is 1. The van der Waals surface area contributed by atoms with Gasteiger partial charge in [-0.3, -0.25) is 9.78 Å². The van der Waals surface area contributed by atoms with Crippen LogP contribution in [0.4, 0.5) is 5.69 Å². The third-order valence-corrected chi connectivity index (χ3v) is 3.27. The molecular formula is C14H21N3O2S. The average molecular weight is 295 g/mol. The topological polar surface area (TPSA) is 68.5 Å². The van der Waals surface area contributed by atoms with E-state index in [4.69, 9.17) is 18.0 Å². The van der Waals surface area contributed by atoms with Gasteiger partial charge in [-0.2, -0.15) is 0 Å². The van der Waals surface area contributed by atoms with Crippen LogP contribution in [0, 0.1) is 13.8 Å². The molecule has 0 saturated heterocycles. The van der Waals surface area contributed by atoms with E-state index in [-0.39, 0.29) is 5.97 Å². The van der Waals surface area contributed by atoms with Crippen molar-refractivity contribution in [2.75, 3.05) is 25.6 Å². The van der Waals surface area contributed by atoms with Crippen molar-refractivity contribution in [1.29, 1.82) is 0 Å². The Labute approximate surface area is 125 Å². The normalized spacial score (nSPS) is 10.2. The Bertz CT molecular complexity index is 517. The highest BCUT2D eigenvalue weighted by molar-refractivity contribution is 7.80. The number of rotatable bonds is 6. The van der Waals surface area contributed by atoms with Gasteiger partial charge in [0.05, 0.1) is 18.4 Å². The first-order valence-corrected chi connectivity index (χ1v) is 6.83. The first kappa shape index (κ1) is 16.4. The highest BCUT2D eigenvalue weighted by Gasteiger charge is 2.14. The van der Waals surface area contributed by atoms with Gasteiger partial charge in [0.25, 0.3) is 0 Å². The number of pyridine rings is 1. The van der Waals surface area contributed by atoms with Gasteiger partial charge in [-0.05, 0) is 26.3 Å². The predicted molar refractivity (Wildman–Crippen MR) is 84.1 cm³/mol. The summed E-state index contributed by atoms with van der Waals surface area (Å²) in [4.78, 5) is 17.9. The molecular weight excluding hydrogens is 274 g/mol. The summed E-state index contributed by atoms with van der Waals surface area (Å²) >= 11 is 5.11. The van der Waals surface area contributed by atoms with Gasteiger partial charge in [0, 0.05) is 31.4 Å². The number of thiocarbonyl (C=S) groups is 1. The Balaban J connectivity index is 2.89. The van der Waals surface area contributed by atoms with Crippen molar-refractivity contribution in [3.05, 3.63) is 23.0 Å². The SMILES string of the molecule is COC(=O)CCCN(C)c1cc(C)nc(C)c1C(N)=S. The second-order valence-corrected chi connectivity index (χ2v) is 5.15. The number of carbonyl (C=O) groups excluding carboxylic acids is 1. The molecule has 110 valence electrons. The molecule has 6 heteroatoms. The van der Waals surface area contributed by atoms with Crippen LogP contribution in [0.2, 0.25) is 0 Å². The minimum Gasteiger partial charge on any atom is -0.469 e. The Morgan fingerprint density at radius 1 is 1.50 bits per heavy atom. The van der Waals surface area contributed by atoms with E-state index in [0.29, 0.717) is 24.4 Å². The summed E-state index contributed by atoms with van der Waals surface area (Å²) in [7, 11) is 3.35. The van der Waals surface area contributed by atoms with E-state index in [1.165, 1.54) is 7.11 Å². The van der Waals surface area contributed by atoms with Crippen LogP contribution in [0.25, 0.3) is 0 Å². The molecule has 0 amide bonds. The minimum atomic E-state index is -0.199. The largest absolute Gasteiger partial charge is 0.469 e. The first-order valence-electron chi connectivity index (χ1n) is 6.42. The van der Waals surface area contributed by atoms with Gasteiger partial charge < -0.3 is 15.4 Å². The smallest absolute Gasteiger partial charge is 0.305 e. The maximum Gasteiger partial charge on any atom is 0.305 e. The summed E-state index contributed by atoms with van der Waals surface area (Å²) in [6.45, 7) is 4.54. The van der Waals surface area contributed by atoms with E-state index < -0.39 is 0 Å². The molecule has 0 unspecified atom stereocenters. The molecule has 0 radical (unpaired) electrons. The predicted octanol–water partition coefficient (Wildman–Crippen LogP) is 1.72. The molecule has 0 aliphatic rings. The van der Waals surface area contributed by atoms with Gasteiger partial charge in [-0.25, -0.2) is 0 Å². The number of hydrogen-bond acceptors (Lipinski definition) is 5. The number of nitrogens with two attached hydrogens (primary N) is 1. The average Bonchev–Trinajstić information content (AvgIpc) is 2.36. The van der Waals surface area contributed by atoms with Crippen LogP contribution in [0.3, 0.4) is 0 Å². The molecule has 0 saturated carbocycles. The maximum absolute atomic E-state index is 11.1. The van der Waals surface area contributed by atoms with Crippen molar-refractivity contribution >= 4 is 28.9 Å². The molecule has 0 spiro atoms. The fourth-order valence-corrected chi connectivity index (χ4v) is 2.35. The Morgan fingerprint density at radius 2 is 2.15 bits per heavy atom. The number of carbonyl (C=O) groups is 1. The van der Waals surface area contributed by atoms with E-state index in [2.05, 4.69) is 9.72 Å². The van der Waals surface area contributed by atoms with Gasteiger partial charge in [0.1, 0.15) is 4.99 Å². The summed E-state index contributed by atoms with van der Waals surface area (Å²) in [5.41, 5.74) is 9.28. The number of aryl methyl sites for hydroxylation is 2. The fourth-order valence-electron chi connectivity index (χ4n) is 2.10. The summed E-state index contributed by atoms with van der Waals surface area (Å²) in [5, 5.41) is 0. The van der Waals surface area contributed by atoms with Gasteiger partial charge in [0.15, 0.2) is 0 Å². The molecule has 1 heterocycles. The molecule has 20 heavy (non-hydrogen) atoms. The maximum atomic E-state index is 11.1. The Hall–Kier alpha value is -1.69. The number of methoxy groups -OCH3 is 1. The van der Waals surface area contributed by atoms with Crippen molar-refractivity contribution in [2.45, 2.75) is 26.7 Å². The monoisotopic (exact) mass is 295 g/mol. The fraction of sp³-hybridized carbons (Fsp3) is 0.500. The lowest BCUT2D eigenvalue weighted by molar-refractivity contribution is -0.140. The molecule has 2 N–H and O–H groups in total. The standard InChI is InChI=1S/C14H21N3O2S/c1-9-8-11(13(14(15)20)10(2)16-9)17(3)7-5-6-12(18)19-4/h8H,5-7H2,1-4H3,(H2,15,20). The number of hydrogen-bond donors (Lipinski definition) is 1. The van der Waals surface area contributed by atoms with Gasteiger partial charge >= 0.3 is 5.97 Å². The van der Waals surface area contributed by atoms with Crippen molar-refractivity contribution < 1.29 is 9.53 Å². The van der Waals surface area contributed by atoms with Crippen LogP contribution >= 0.6 is 12.2 Å². The molecule has 5 nitrogen and oxygen atoms in total. The zero-order valence-corrected chi connectivity index (χ0v) is 13.2. The minimum absolute atomic E-state index is 0.199. The Morgan fingerprint density at radius 3 is 2.70 bits per heavy atom. The molecule has 0 aliphatic carbocycles. The van der Waals surface area contributed by atoms with E-state index in [1.807, 2.05) is 31.9 Å². The van der Waals surface area contributed by atoms with Crippen LogP contribution in [0.15, 0.2) is 6.07 Å². The molecule has 0 bridgehead atoms. The van der Waals surface area contributed by atoms with Crippen LogP contribution < -0.4 is 10.6 Å². The van der Waals surface area contributed by atoms with Crippen molar-refractivity contribution in [2.24, 2.45) is 5.73 Å². The quantitative estimate of drug-likeness (QED) is 0.636. The zero-order valence-electron chi connectivity index (χ0n) is 12.4. The van der Waals surface area contributed by atoms with Gasteiger partial charge in [-0.1, -0.05) is 12.2 Å². The molecule has 0 aromatic carbocycles. The van der Waals surface area contributed by atoms with Crippen molar-refractivity contribution in [3.8, 4) is 0 Å². The summed E-state index contributed by atoms with van der Waals surface area (Å²) in [5.74, 6) is -0.199. The second-order valence-electron chi connectivity index (χ2n) is 4.71. The van der Waals surface area contributed by atoms with Crippen LogP contribution in [-0.2, 0) is 9.53 Å². The molecule has 0 fully saturated rings. The van der Waals surface area contributed by atoms with Crippen LogP contribution in [-0.4, -0.2) is 36.6 Å². The summed E-state index contributed by atoms with van der Waals surface area (Å²) in [6, 6.07) is 1.96. The molecule has 1 aromatic rings. The van der Waals surface area contributed by atoms with Gasteiger partial charge in [-0.15, -0.1) is 0 Å². The van der Waals surface area contributed by atoms with E-state index in [1.54, 1.807) is 0 Å². The third kappa shape index (κ3) is 4.16. The zero-order chi connectivity index (χ0) is 15.3. The third-order valence-electron chi connectivity index (χ3n) is 3.07. The molecule has 1 rings (SSSR count). The lowest BCUT2D eigenvalue weighted by Crippen LogP contribution is -2.25. The number of nitrogens with zero attached hydrogens (tertiary/aromatic N) is 2. The first-order chi connectivity index (χ1) is 9.36. The number of esters is 1. The molecule has 0 aliphatic heterocycles. The van der Waals surface area contributed by atoms with Crippen molar-refractivity contribution in [3.63, 3.8) is 0 Å². The molecule has 1 aromatic heterocycles. The van der Waals surface area contributed by atoms with Gasteiger partial charge in [0.2, 0.25) is 0 Å². The lowest BCUT2D eigenvalue weighted by Gasteiger charge is -2.23. The highest BCUT2D eigenvalue weighted by atomic mass is 32.1. The summed E-state index contributed by atoms with van der Waals surface area (Å²) in [6.07, 6.45) is 1.10. The lowest BCUT2D eigenvalue weighted by atomic mass is 10.1. The van der Waals surface area contributed by atoms with E-state index in [9.17, 15) is 4.79 Å². The highest BCUT2D eigenvalue weighted by Crippen LogP contribution is 2.23. The summed E-state index contributed by atoms with van der Waals surface area (Å²) < 4.78 is 4.63. The van der Waals surface area contributed by atoms with Crippen LogP contribution in [0.5, 0.6) is 0 Å². The Kier molecular flexibility index (Phi) is 5.88. The number of ether oxygens (including phenoxy) is 1. The second kappa shape index (κ2) is 7.19.